The van der Waals surface area contributed by atoms with Crippen LogP contribution in [0.25, 0.3) is 11.1 Å². The highest BCUT2D eigenvalue weighted by Crippen LogP contribution is 2.63. The molecule has 2 aromatic rings. The van der Waals surface area contributed by atoms with Crippen molar-refractivity contribution in [3.8, 4) is 11.1 Å². The minimum Gasteiger partial charge on any atom is -0.481 e. The lowest BCUT2D eigenvalue weighted by Crippen LogP contribution is -2.41. The second-order valence-electron chi connectivity index (χ2n) is 10.6. The van der Waals surface area contributed by atoms with Crippen molar-refractivity contribution < 1.29 is 24.2 Å². The molecular formula is C28H32N2O5. The number of ether oxygens (including phenoxy) is 1. The third-order valence-electron chi connectivity index (χ3n) is 8.13. The van der Waals surface area contributed by atoms with Gasteiger partial charge in [0, 0.05) is 18.5 Å². The van der Waals surface area contributed by atoms with Gasteiger partial charge in [-0.05, 0) is 53.4 Å². The molecule has 2 aromatic carbocycles. The van der Waals surface area contributed by atoms with E-state index in [9.17, 15) is 19.5 Å². The fraction of sp³-hybridized carbons (Fsp3) is 0.464. The number of aliphatic carboxylic acids is 1. The van der Waals surface area contributed by atoms with Crippen molar-refractivity contribution >= 4 is 18.0 Å². The zero-order chi connectivity index (χ0) is 24.7. The lowest BCUT2D eigenvalue weighted by molar-refractivity contribution is -0.143. The maximum absolute atomic E-state index is 12.9. The molecule has 4 unspecified atom stereocenters. The summed E-state index contributed by atoms with van der Waals surface area (Å²) in [5.41, 5.74) is 4.22. The molecule has 0 aromatic heterocycles. The van der Waals surface area contributed by atoms with E-state index in [1.807, 2.05) is 38.1 Å². The fourth-order valence-corrected chi connectivity index (χ4v) is 6.08. The molecule has 7 nitrogen and oxygen atoms in total. The van der Waals surface area contributed by atoms with Gasteiger partial charge in [-0.25, -0.2) is 4.79 Å². The van der Waals surface area contributed by atoms with Gasteiger partial charge in [0.15, 0.2) is 0 Å². The molecule has 0 spiro atoms. The van der Waals surface area contributed by atoms with Crippen LogP contribution in [0.3, 0.4) is 0 Å². The van der Waals surface area contributed by atoms with E-state index in [0.717, 1.165) is 12.8 Å². The summed E-state index contributed by atoms with van der Waals surface area (Å²) in [5.74, 6) is -1.43. The second-order valence-corrected chi connectivity index (χ2v) is 10.6. The summed E-state index contributed by atoms with van der Waals surface area (Å²) < 4.78 is 5.66. The van der Waals surface area contributed by atoms with Crippen molar-refractivity contribution in [2.45, 2.75) is 45.1 Å². The molecule has 0 radical (unpaired) electrons. The van der Waals surface area contributed by atoms with Crippen LogP contribution in [0.15, 0.2) is 48.5 Å². The Morgan fingerprint density at radius 3 is 2.26 bits per heavy atom. The average molecular weight is 477 g/mol. The van der Waals surface area contributed by atoms with Crippen LogP contribution in [0.5, 0.6) is 0 Å². The van der Waals surface area contributed by atoms with E-state index in [0.29, 0.717) is 6.42 Å². The highest BCUT2D eigenvalue weighted by atomic mass is 16.5. The Labute approximate surface area is 205 Å². The van der Waals surface area contributed by atoms with Gasteiger partial charge in [0.05, 0.1) is 11.3 Å². The molecule has 3 aliphatic rings. The predicted octanol–water partition coefficient (Wildman–Crippen LogP) is 4.17. The van der Waals surface area contributed by atoms with E-state index < -0.39 is 23.4 Å². The molecule has 0 aliphatic heterocycles. The van der Waals surface area contributed by atoms with Crippen molar-refractivity contribution in [2.24, 2.45) is 23.2 Å². The summed E-state index contributed by atoms with van der Waals surface area (Å²) >= 11 is 0. The van der Waals surface area contributed by atoms with Crippen LogP contribution < -0.4 is 10.6 Å². The zero-order valence-electron chi connectivity index (χ0n) is 20.1. The van der Waals surface area contributed by atoms with Crippen LogP contribution in [-0.2, 0) is 14.3 Å². The SMILES string of the molecule is CC(C)C(CNC(=O)C12CC(NC(=O)OCC3c4ccccc4-c4ccccc43)CC1C2)C(=O)O. The first-order valence-electron chi connectivity index (χ1n) is 12.4. The van der Waals surface area contributed by atoms with Crippen molar-refractivity contribution in [3.63, 3.8) is 0 Å². The molecule has 3 N–H and O–H groups in total. The Morgan fingerprint density at radius 2 is 1.66 bits per heavy atom. The number of carbonyl (C=O) groups is 3. The van der Waals surface area contributed by atoms with Crippen LogP contribution >= 0.6 is 0 Å². The number of alkyl carbamates (subject to hydrolysis) is 1. The van der Waals surface area contributed by atoms with Crippen LogP contribution in [0.4, 0.5) is 4.79 Å². The molecule has 3 aliphatic carbocycles. The summed E-state index contributed by atoms with van der Waals surface area (Å²) in [7, 11) is 0. The van der Waals surface area contributed by atoms with E-state index in [1.54, 1.807) is 0 Å². The van der Waals surface area contributed by atoms with Crippen molar-refractivity contribution in [1.29, 1.82) is 0 Å². The largest absolute Gasteiger partial charge is 0.481 e. The topological polar surface area (TPSA) is 105 Å². The van der Waals surface area contributed by atoms with E-state index in [-0.39, 0.29) is 42.9 Å². The Bertz CT molecular complexity index is 1120. The van der Waals surface area contributed by atoms with E-state index in [2.05, 4.69) is 34.9 Å². The first kappa shape index (κ1) is 23.4. The number of nitrogens with one attached hydrogen (secondary N) is 2. The fourth-order valence-electron chi connectivity index (χ4n) is 6.08. The van der Waals surface area contributed by atoms with Crippen LogP contribution in [-0.4, -0.2) is 42.3 Å². The molecule has 4 atom stereocenters. The highest BCUT2D eigenvalue weighted by Gasteiger charge is 2.65. The molecule has 0 saturated heterocycles. The summed E-state index contributed by atoms with van der Waals surface area (Å²) in [6, 6.07) is 16.3. The van der Waals surface area contributed by atoms with E-state index >= 15 is 0 Å². The smallest absolute Gasteiger partial charge is 0.407 e. The van der Waals surface area contributed by atoms with Crippen molar-refractivity contribution in [2.75, 3.05) is 13.2 Å². The number of benzene rings is 2. The zero-order valence-corrected chi connectivity index (χ0v) is 20.1. The number of hydrogen-bond acceptors (Lipinski definition) is 4. The van der Waals surface area contributed by atoms with Crippen LogP contribution in [0.2, 0.25) is 0 Å². The monoisotopic (exact) mass is 476 g/mol. The minimum atomic E-state index is -0.897. The summed E-state index contributed by atoms with van der Waals surface area (Å²) in [6.07, 6.45) is 1.64. The lowest BCUT2D eigenvalue weighted by Gasteiger charge is -2.21. The van der Waals surface area contributed by atoms with Gasteiger partial charge >= 0.3 is 12.1 Å². The van der Waals surface area contributed by atoms with Gasteiger partial charge in [0.25, 0.3) is 0 Å². The standard InChI is InChI=1S/C28H32N2O5/c1-16(2)23(25(31)32)14-29-26(33)28-12-17(28)11-18(13-28)30-27(34)35-15-24-21-9-5-3-7-19(21)20-8-4-6-10-22(20)24/h3-10,16-18,23-24H,11-15H2,1-2H3,(H,29,33)(H,30,34)(H,31,32). The predicted molar refractivity (Wildman–Crippen MR) is 131 cm³/mol. The molecular weight excluding hydrogens is 444 g/mol. The minimum absolute atomic E-state index is 0.00499. The molecule has 2 amide bonds. The van der Waals surface area contributed by atoms with Crippen LogP contribution in [0, 0.1) is 23.2 Å². The Morgan fingerprint density at radius 1 is 1.03 bits per heavy atom. The van der Waals surface area contributed by atoms with Crippen LogP contribution in [0.1, 0.15) is 50.2 Å². The average Bonchev–Trinajstić information content (AvgIpc) is 3.25. The number of fused-ring (bicyclic) bond motifs is 4. The first-order valence-corrected chi connectivity index (χ1v) is 12.4. The Balaban J connectivity index is 1.14. The third kappa shape index (κ3) is 4.28. The number of carbonyl (C=O) groups excluding carboxylic acids is 2. The van der Waals surface area contributed by atoms with Gasteiger partial charge in [0.1, 0.15) is 6.61 Å². The Kier molecular flexibility index (Phi) is 6.03. The van der Waals surface area contributed by atoms with E-state index in [4.69, 9.17) is 4.74 Å². The quantitative estimate of drug-likeness (QED) is 0.531. The maximum atomic E-state index is 12.9. The van der Waals surface area contributed by atoms with Gasteiger partial charge < -0.3 is 20.5 Å². The van der Waals surface area contributed by atoms with Crippen molar-refractivity contribution in [1.82, 2.24) is 10.6 Å². The van der Waals surface area contributed by atoms with Crippen molar-refractivity contribution in [3.05, 3.63) is 59.7 Å². The van der Waals surface area contributed by atoms with Gasteiger partial charge in [-0.2, -0.15) is 0 Å². The normalized spacial score (nSPS) is 24.8. The number of carboxylic acids is 1. The van der Waals surface area contributed by atoms with Gasteiger partial charge in [0.2, 0.25) is 5.91 Å². The van der Waals surface area contributed by atoms with Gasteiger partial charge in [-0.1, -0.05) is 62.4 Å². The number of amides is 2. The first-order chi connectivity index (χ1) is 16.8. The van der Waals surface area contributed by atoms with Gasteiger partial charge in [-0.15, -0.1) is 0 Å². The number of rotatable bonds is 8. The summed E-state index contributed by atoms with van der Waals surface area (Å²) in [5, 5.41) is 15.2. The van der Waals surface area contributed by atoms with E-state index in [1.165, 1.54) is 22.3 Å². The number of carboxylic acid groups (broad SMARTS) is 1. The molecule has 7 heteroatoms. The molecule has 0 bridgehead atoms. The van der Waals surface area contributed by atoms with Gasteiger partial charge in [-0.3, -0.25) is 9.59 Å². The highest BCUT2D eigenvalue weighted by molar-refractivity contribution is 5.87. The molecule has 2 saturated carbocycles. The number of hydrogen-bond donors (Lipinski definition) is 3. The summed E-state index contributed by atoms with van der Waals surface area (Å²) in [4.78, 5) is 36.9. The summed E-state index contributed by atoms with van der Waals surface area (Å²) in [6.45, 7) is 4.07. The lowest BCUT2D eigenvalue weighted by atomic mass is 9.95. The maximum Gasteiger partial charge on any atom is 0.407 e. The Hall–Kier alpha value is -3.35. The second kappa shape index (κ2) is 9.02. The third-order valence-corrected chi connectivity index (χ3v) is 8.13. The molecule has 184 valence electrons. The molecule has 35 heavy (non-hydrogen) atoms. The molecule has 2 fully saturated rings. The molecule has 5 rings (SSSR count). The molecule has 0 heterocycles.